The Hall–Kier alpha value is -3.11. The molecule has 180 valence electrons. The number of carbonyl (C=O) groups excluding carboxylic acids is 2. The quantitative estimate of drug-likeness (QED) is 0.475. The molecule has 0 fully saturated rings. The highest BCUT2D eigenvalue weighted by Crippen LogP contribution is 2.29. The molecule has 0 heterocycles. The monoisotopic (exact) mass is 478 g/mol. The van der Waals surface area contributed by atoms with Crippen LogP contribution in [0.4, 0.5) is 5.69 Å². The molecule has 0 saturated carbocycles. The van der Waals surface area contributed by atoms with Gasteiger partial charge in [0.05, 0.1) is 23.7 Å². The number of ether oxygens (including phenoxy) is 3. The lowest BCUT2D eigenvalue weighted by atomic mass is 10.2. The second-order valence-electron chi connectivity index (χ2n) is 7.36. The average Bonchev–Trinajstić information content (AvgIpc) is 2.74. The number of hydrogen-bond acceptors (Lipinski definition) is 7. The van der Waals surface area contributed by atoms with Gasteiger partial charge in [-0.25, -0.2) is 17.9 Å². The van der Waals surface area contributed by atoms with E-state index in [2.05, 4.69) is 10.0 Å². The maximum absolute atomic E-state index is 12.5. The van der Waals surface area contributed by atoms with Gasteiger partial charge in [-0.1, -0.05) is 0 Å². The summed E-state index contributed by atoms with van der Waals surface area (Å²) in [5, 5.41) is 2.60. The average molecular weight is 479 g/mol. The maximum atomic E-state index is 12.5. The summed E-state index contributed by atoms with van der Waals surface area (Å²) in [5.74, 6) is -0.332. The molecular formula is C23H30N2O7S. The molecule has 10 heteroatoms. The van der Waals surface area contributed by atoms with Crippen molar-refractivity contribution in [2.75, 3.05) is 18.5 Å². The SMILES string of the molecule is CCOc1ccc(C(=O)OC(C)C(=O)Nc2ccc(S(=O)(=O)NC(C)C)cc2)cc1OCC. The number of nitrogens with one attached hydrogen (secondary N) is 2. The van der Waals surface area contributed by atoms with Crippen LogP contribution in [0.2, 0.25) is 0 Å². The third-order valence-electron chi connectivity index (χ3n) is 4.26. The van der Waals surface area contributed by atoms with Gasteiger partial charge < -0.3 is 19.5 Å². The van der Waals surface area contributed by atoms with E-state index < -0.39 is 28.0 Å². The van der Waals surface area contributed by atoms with Crippen LogP contribution < -0.4 is 19.5 Å². The molecule has 0 aliphatic heterocycles. The van der Waals surface area contributed by atoms with E-state index in [1.54, 1.807) is 19.9 Å². The lowest BCUT2D eigenvalue weighted by Gasteiger charge is -2.15. The minimum atomic E-state index is -3.63. The predicted octanol–water partition coefficient (Wildman–Crippen LogP) is 3.35. The van der Waals surface area contributed by atoms with Crippen LogP contribution >= 0.6 is 0 Å². The molecule has 2 N–H and O–H groups in total. The highest BCUT2D eigenvalue weighted by atomic mass is 32.2. The van der Waals surface area contributed by atoms with Gasteiger partial charge in [-0.3, -0.25) is 4.79 Å². The van der Waals surface area contributed by atoms with Crippen molar-refractivity contribution < 1.29 is 32.2 Å². The molecule has 2 aromatic carbocycles. The number of sulfonamides is 1. The number of anilines is 1. The Bertz CT molecular complexity index is 1070. The van der Waals surface area contributed by atoms with Gasteiger partial charge >= 0.3 is 5.97 Å². The van der Waals surface area contributed by atoms with Crippen molar-refractivity contribution >= 4 is 27.6 Å². The molecule has 1 amide bonds. The fourth-order valence-electron chi connectivity index (χ4n) is 2.80. The molecule has 0 spiro atoms. The number of amides is 1. The molecule has 1 atom stereocenters. The number of benzene rings is 2. The van der Waals surface area contributed by atoms with E-state index in [0.717, 1.165) is 0 Å². The van der Waals surface area contributed by atoms with Gasteiger partial charge in [-0.2, -0.15) is 0 Å². The molecule has 0 aromatic heterocycles. The van der Waals surface area contributed by atoms with Crippen molar-refractivity contribution in [2.24, 2.45) is 0 Å². The molecule has 2 rings (SSSR count). The summed E-state index contributed by atoms with van der Waals surface area (Å²) in [6.07, 6.45) is -1.09. The van der Waals surface area contributed by atoms with Crippen molar-refractivity contribution in [1.82, 2.24) is 4.72 Å². The fourth-order valence-corrected chi connectivity index (χ4v) is 4.05. The van der Waals surface area contributed by atoms with Gasteiger partial charge in [0.2, 0.25) is 10.0 Å². The number of carbonyl (C=O) groups is 2. The van der Waals surface area contributed by atoms with Crippen LogP contribution in [0, 0.1) is 0 Å². The van der Waals surface area contributed by atoms with Gasteiger partial charge in [-0.05, 0) is 77.1 Å². The van der Waals surface area contributed by atoms with E-state index in [9.17, 15) is 18.0 Å². The van der Waals surface area contributed by atoms with Gasteiger partial charge in [0.15, 0.2) is 17.6 Å². The first-order valence-electron chi connectivity index (χ1n) is 10.6. The zero-order valence-electron chi connectivity index (χ0n) is 19.4. The van der Waals surface area contributed by atoms with Gasteiger partial charge in [-0.15, -0.1) is 0 Å². The van der Waals surface area contributed by atoms with Crippen molar-refractivity contribution in [3.8, 4) is 11.5 Å². The van der Waals surface area contributed by atoms with Crippen LogP contribution in [0.5, 0.6) is 11.5 Å². The van der Waals surface area contributed by atoms with Gasteiger partial charge in [0.25, 0.3) is 5.91 Å². The molecule has 1 unspecified atom stereocenters. The van der Waals surface area contributed by atoms with E-state index in [1.165, 1.54) is 43.3 Å². The minimum Gasteiger partial charge on any atom is -0.490 e. The predicted molar refractivity (Wildman–Crippen MR) is 124 cm³/mol. The normalized spacial score (nSPS) is 12.2. The largest absolute Gasteiger partial charge is 0.490 e. The molecular weight excluding hydrogens is 448 g/mol. The van der Waals surface area contributed by atoms with E-state index in [0.29, 0.717) is 30.4 Å². The Labute approximate surface area is 194 Å². The Morgan fingerprint density at radius 2 is 1.52 bits per heavy atom. The Morgan fingerprint density at radius 3 is 2.09 bits per heavy atom. The second kappa shape index (κ2) is 11.7. The zero-order valence-corrected chi connectivity index (χ0v) is 20.2. The first-order chi connectivity index (χ1) is 15.6. The van der Waals surface area contributed by atoms with E-state index in [-0.39, 0.29) is 16.5 Å². The second-order valence-corrected chi connectivity index (χ2v) is 9.08. The molecule has 0 radical (unpaired) electrons. The fraction of sp³-hybridized carbons (Fsp3) is 0.391. The van der Waals surface area contributed by atoms with Gasteiger partial charge in [0.1, 0.15) is 0 Å². The summed E-state index contributed by atoms with van der Waals surface area (Å²) in [4.78, 5) is 25.0. The highest BCUT2D eigenvalue weighted by molar-refractivity contribution is 7.89. The maximum Gasteiger partial charge on any atom is 0.339 e. The summed E-state index contributed by atoms with van der Waals surface area (Å²) in [6, 6.07) is 10.1. The summed E-state index contributed by atoms with van der Waals surface area (Å²) < 4.78 is 43.1. The lowest BCUT2D eigenvalue weighted by molar-refractivity contribution is -0.123. The standard InChI is InChI=1S/C23H30N2O7S/c1-6-30-20-13-8-17(14-21(20)31-7-2)23(27)32-16(5)22(26)24-18-9-11-19(12-10-18)33(28,29)25-15(3)4/h8-16,25H,6-7H2,1-5H3,(H,24,26). The van der Waals surface area contributed by atoms with Gasteiger partial charge in [0, 0.05) is 11.7 Å². The lowest BCUT2D eigenvalue weighted by Crippen LogP contribution is -2.30. The molecule has 33 heavy (non-hydrogen) atoms. The van der Waals surface area contributed by atoms with E-state index in [4.69, 9.17) is 14.2 Å². The van der Waals surface area contributed by atoms with Crippen molar-refractivity contribution in [3.63, 3.8) is 0 Å². The highest BCUT2D eigenvalue weighted by Gasteiger charge is 2.21. The van der Waals surface area contributed by atoms with Crippen molar-refractivity contribution in [1.29, 1.82) is 0 Å². The summed E-state index contributed by atoms with van der Waals surface area (Å²) in [7, 11) is -3.63. The smallest absolute Gasteiger partial charge is 0.339 e. The van der Waals surface area contributed by atoms with Crippen LogP contribution in [0.1, 0.15) is 45.0 Å². The molecule has 0 aliphatic carbocycles. The first-order valence-corrected chi connectivity index (χ1v) is 12.1. The van der Waals surface area contributed by atoms with Crippen LogP contribution in [-0.4, -0.2) is 45.7 Å². The van der Waals surface area contributed by atoms with E-state index >= 15 is 0 Å². The van der Waals surface area contributed by atoms with E-state index in [1.807, 2.05) is 13.8 Å². The van der Waals surface area contributed by atoms with Crippen LogP contribution in [0.15, 0.2) is 47.4 Å². The van der Waals surface area contributed by atoms with Crippen LogP contribution in [0.3, 0.4) is 0 Å². The Balaban J connectivity index is 2.03. The molecule has 0 saturated heterocycles. The Kier molecular flexibility index (Phi) is 9.24. The van der Waals surface area contributed by atoms with Crippen LogP contribution in [0.25, 0.3) is 0 Å². The number of esters is 1. The number of hydrogen-bond donors (Lipinski definition) is 2. The molecule has 0 aliphatic rings. The summed E-state index contributed by atoms with van der Waals surface area (Å²) in [5.41, 5.74) is 0.583. The molecule has 0 bridgehead atoms. The van der Waals surface area contributed by atoms with Crippen LogP contribution in [-0.2, 0) is 19.6 Å². The topological polar surface area (TPSA) is 120 Å². The molecule has 2 aromatic rings. The number of rotatable bonds is 11. The van der Waals surface area contributed by atoms with Crippen molar-refractivity contribution in [2.45, 2.75) is 51.7 Å². The minimum absolute atomic E-state index is 0.0780. The third kappa shape index (κ3) is 7.47. The first kappa shape index (κ1) is 26.1. The third-order valence-corrected chi connectivity index (χ3v) is 5.93. The van der Waals surface area contributed by atoms with Crippen molar-refractivity contribution in [3.05, 3.63) is 48.0 Å². The zero-order chi connectivity index (χ0) is 24.6. The summed E-state index contributed by atoms with van der Waals surface area (Å²) >= 11 is 0. The molecule has 9 nitrogen and oxygen atoms in total. The Morgan fingerprint density at radius 1 is 0.909 bits per heavy atom. The summed E-state index contributed by atoms with van der Waals surface area (Å²) in [6.45, 7) is 9.38.